The van der Waals surface area contributed by atoms with Crippen molar-refractivity contribution in [1.82, 2.24) is 15.6 Å². The molecule has 0 aliphatic carbocycles. The number of urea groups is 1. The lowest BCUT2D eigenvalue weighted by molar-refractivity contribution is -0.119. The van der Waals surface area contributed by atoms with E-state index in [-0.39, 0.29) is 12.3 Å². The van der Waals surface area contributed by atoms with Crippen molar-refractivity contribution in [1.29, 1.82) is 0 Å². The molecule has 7 heteroatoms. The minimum Gasteiger partial charge on any atom is -0.437 e. The van der Waals surface area contributed by atoms with Gasteiger partial charge in [0, 0.05) is 18.7 Å². The lowest BCUT2D eigenvalue weighted by Crippen LogP contribution is -2.39. The number of aromatic nitrogens is 1. The Morgan fingerprint density at radius 2 is 1.96 bits per heavy atom. The molecule has 1 aromatic heterocycles. The second kappa shape index (κ2) is 8.38. The van der Waals surface area contributed by atoms with Crippen LogP contribution >= 0.6 is 11.8 Å². The fraction of sp³-hybridized carbons (Fsp3) is 0.312. The number of hydrogen-bond donors (Lipinski definition) is 2. The van der Waals surface area contributed by atoms with Crippen molar-refractivity contribution in [2.24, 2.45) is 0 Å². The van der Waals surface area contributed by atoms with Crippen LogP contribution in [0, 0.1) is 13.8 Å². The van der Waals surface area contributed by atoms with Crippen LogP contribution < -0.4 is 10.6 Å². The SMILES string of the molecule is Cc1nc(SCCC(=O)NC(=O)NCc2ccccc2)oc1C. The van der Waals surface area contributed by atoms with Gasteiger partial charge in [0.05, 0.1) is 5.69 Å². The number of thioether (sulfide) groups is 1. The van der Waals surface area contributed by atoms with Crippen molar-refractivity contribution >= 4 is 23.7 Å². The molecule has 1 aromatic carbocycles. The van der Waals surface area contributed by atoms with E-state index in [1.807, 2.05) is 44.2 Å². The number of nitrogens with zero attached hydrogens (tertiary/aromatic N) is 1. The van der Waals surface area contributed by atoms with Crippen LogP contribution in [0.2, 0.25) is 0 Å². The topological polar surface area (TPSA) is 84.2 Å². The fourth-order valence-electron chi connectivity index (χ4n) is 1.75. The maximum absolute atomic E-state index is 11.7. The van der Waals surface area contributed by atoms with Gasteiger partial charge in [-0.3, -0.25) is 10.1 Å². The van der Waals surface area contributed by atoms with Gasteiger partial charge in [0.2, 0.25) is 5.91 Å². The highest BCUT2D eigenvalue weighted by Crippen LogP contribution is 2.20. The Labute approximate surface area is 139 Å². The van der Waals surface area contributed by atoms with E-state index >= 15 is 0 Å². The summed E-state index contributed by atoms with van der Waals surface area (Å²) in [5.41, 5.74) is 1.82. The van der Waals surface area contributed by atoms with Crippen molar-refractivity contribution in [2.45, 2.75) is 32.0 Å². The van der Waals surface area contributed by atoms with Gasteiger partial charge < -0.3 is 9.73 Å². The summed E-state index contributed by atoms with van der Waals surface area (Å²) in [7, 11) is 0. The third-order valence-corrected chi connectivity index (χ3v) is 3.94. The predicted molar refractivity (Wildman–Crippen MR) is 88.1 cm³/mol. The van der Waals surface area contributed by atoms with Gasteiger partial charge in [-0.15, -0.1) is 0 Å². The van der Waals surface area contributed by atoms with Gasteiger partial charge in [-0.25, -0.2) is 9.78 Å². The van der Waals surface area contributed by atoms with Crippen molar-refractivity contribution in [3.05, 3.63) is 47.3 Å². The first-order valence-electron chi connectivity index (χ1n) is 7.23. The maximum Gasteiger partial charge on any atom is 0.321 e. The molecule has 0 atom stereocenters. The summed E-state index contributed by atoms with van der Waals surface area (Å²) in [4.78, 5) is 27.5. The van der Waals surface area contributed by atoms with Gasteiger partial charge >= 0.3 is 6.03 Å². The van der Waals surface area contributed by atoms with Crippen LogP contribution in [0.3, 0.4) is 0 Å². The largest absolute Gasteiger partial charge is 0.437 e. The summed E-state index contributed by atoms with van der Waals surface area (Å²) < 4.78 is 5.41. The molecule has 0 bridgehead atoms. The van der Waals surface area contributed by atoms with Crippen LogP contribution in [0.25, 0.3) is 0 Å². The zero-order valence-electron chi connectivity index (χ0n) is 13.1. The highest BCUT2D eigenvalue weighted by molar-refractivity contribution is 7.99. The van der Waals surface area contributed by atoms with Crippen LogP contribution in [0.4, 0.5) is 4.79 Å². The summed E-state index contributed by atoms with van der Waals surface area (Å²) in [5, 5.41) is 5.48. The van der Waals surface area contributed by atoms with E-state index in [4.69, 9.17) is 4.42 Å². The van der Waals surface area contributed by atoms with Crippen molar-refractivity contribution in [2.75, 3.05) is 5.75 Å². The van der Waals surface area contributed by atoms with E-state index in [0.29, 0.717) is 17.5 Å². The summed E-state index contributed by atoms with van der Waals surface area (Å²) in [6, 6.07) is 9.00. The molecule has 2 rings (SSSR count). The minimum atomic E-state index is -0.494. The molecule has 0 saturated carbocycles. The van der Waals surface area contributed by atoms with Crippen molar-refractivity contribution < 1.29 is 14.0 Å². The molecule has 0 radical (unpaired) electrons. The zero-order valence-corrected chi connectivity index (χ0v) is 13.9. The highest BCUT2D eigenvalue weighted by Gasteiger charge is 2.10. The second-order valence-corrected chi connectivity index (χ2v) is 5.98. The lowest BCUT2D eigenvalue weighted by Gasteiger charge is -2.06. The number of benzene rings is 1. The number of carbonyl (C=O) groups excluding carboxylic acids is 2. The van der Waals surface area contributed by atoms with E-state index in [0.717, 1.165) is 17.0 Å². The molecule has 2 aromatic rings. The Morgan fingerprint density at radius 3 is 2.61 bits per heavy atom. The molecule has 2 N–H and O–H groups in total. The highest BCUT2D eigenvalue weighted by atomic mass is 32.2. The summed E-state index contributed by atoms with van der Waals surface area (Å²) in [5.74, 6) is 0.942. The van der Waals surface area contributed by atoms with Gasteiger partial charge in [0.25, 0.3) is 5.22 Å². The summed E-state index contributed by atoms with van der Waals surface area (Å²) >= 11 is 1.35. The molecule has 0 saturated heterocycles. The molecule has 0 aliphatic heterocycles. The zero-order chi connectivity index (χ0) is 16.7. The lowest BCUT2D eigenvalue weighted by atomic mass is 10.2. The van der Waals surface area contributed by atoms with E-state index in [2.05, 4.69) is 15.6 Å². The van der Waals surface area contributed by atoms with Gasteiger partial charge in [-0.05, 0) is 19.4 Å². The first-order valence-corrected chi connectivity index (χ1v) is 8.21. The summed E-state index contributed by atoms with van der Waals surface area (Å²) in [6.07, 6.45) is 0.212. The quantitative estimate of drug-likeness (QED) is 0.794. The molecule has 0 spiro atoms. The van der Waals surface area contributed by atoms with Crippen LogP contribution in [0.5, 0.6) is 0 Å². The molecule has 3 amide bonds. The predicted octanol–water partition coefficient (Wildman–Crippen LogP) is 2.80. The molecule has 0 aliphatic rings. The standard InChI is InChI=1S/C16H19N3O3S/c1-11-12(2)22-16(18-11)23-9-8-14(20)19-15(21)17-10-13-6-4-3-5-7-13/h3-7H,8-10H2,1-2H3,(H2,17,19,20,21). The number of aryl methyl sites for hydroxylation is 2. The average Bonchev–Trinajstić information content (AvgIpc) is 2.84. The number of nitrogens with one attached hydrogen (secondary N) is 2. The molecular weight excluding hydrogens is 314 g/mol. The van der Waals surface area contributed by atoms with E-state index in [1.165, 1.54) is 11.8 Å². The van der Waals surface area contributed by atoms with E-state index in [1.54, 1.807) is 0 Å². The van der Waals surface area contributed by atoms with Crippen LogP contribution in [0.1, 0.15) is 23.4 Å². The Hall–Kier alpha value is -2.28. The molecule has 122 valence electrons. The fourth-order valence-corrected chi connectivity index (χ4v) is 2.60. The number of imide groups is 1. The van der Waals surface area contributed by atoms with Gasteiger partial charge in [0.1, 0.15) is 5.76 Å². The molecular formula is C16H19N3O3S. The molecule has 23 heavy (non-hydrogen) atoms. The van der Waals surface area contributed by atoms with Gasteiger partial charge in [-0.2, -0.15) is 0 Å². The minimum absolute atomic E-state index is 0.212. The van der Waals surface area contributed by atoms with E-state index in [9.17, 15) is 9.59 Å². The molecule has 0 fully saturated rings. The first-order chi connectivity index (χ1) is 11.0. The molecule has 6 nitrogen and oxygen atoms in total. The second-order valence-electron chi connectivity index (χ2n) is 4.94. The normalized spacial score (nSPS) is 10.3. The smallest absolute Gasteiger partial charge is 0.321 e. The Kier molecular flexibility index (Phi) is 6.22. The monoisotopic (exact) mass is 333 g/mol. The number of oxazole rings is 1. The Balaban J connectivity index is 1.65. The number of hydrogen-bond acceptors (Lipinski definition) is 5. The number of rotatable bonds is 6. The first kappa shape index (κ1) is 17.1. The van der Waals surface area contributed by atoms with Crippen LogP contribution in [-0.2, 0) is 11.3 Å². The third-order valence-electron chi connectivity index (χ3n) is 3.11. The van der Waals surface area contributed by atoms with Gasteiger partial charge in [-0.1, -0.05) is 42.1 Å². The Bertz CT molecular complexity index is 651. The van der Waals surface area contributed by atoms with E-state index < -0.39 is 6.03 Å². The molecule has 0 unspecified atom stereocenters. The van der Waals surface area contributed by atoms with Crippen LogP contribution in [0.15, 0.2) is 40.0 Å². The van der Waals surface area contributed by atoms with Gasteiger partial charge in [0.15, 0.2) is 0 Å². The number of carbonyl (C=O) groups is 2. The average molecular weight is 333 g/mol. The van der Waals surface area contributed by atoms with Crippen LogP contribution in [-0.4, -0.2) is 22.7 Å². The van der Waals surface area contributed by atoms with Crippen molar-refractivity contribution in [3.8, 4) is 0 Å². The summed E-state index contributed by atoms with van der Waals surface area (Å²) in [6.45, 7) is 4.09. The van der Waals surface area contributed by atoms with Crippen molar-refractivity contribution in [3.63, 3.8) is 0 Å². The number of amides is 3. The third kappa shape index (κ3) is 5.78. The maximum atomic E-state index is 11.7. The Morgan fingerprint density at radius 1 is 1.22 bits per heavy atom. The molecule has 1 heterocycles.